The van der Waals surface area contributed by atoms with Crippen molar-refractivity contribution in [3.05, 3.63) is 24.3 Å². The summed E-state index contributed by atoms with van der Waals surface area (Å²) in [4.78, 5) is 38.2. The maximum atomic E-state index is 9.55. The molecule has 0 atom stereocenters. The Bertz CT molecular complexity index is 381. The normalized spacial score (nSPS) is 9.77. The molecule has 0 spiro atoms. The summed E-state index contributed by atoms with van der Waals surface area (Å²) in [7, 11) is 0. The maximum absolute atomic E-state index is 9.55. The lowest BCUT2D eigenvalue weighted by Gasteiger charge is -2.01. The predicted octanol–water partition coefficient (Wildman–Crippen LogP) is -1.57. The molecule has 0 aromatic heterocycles. The minimum atomic E-state index is -1.26. The van der Waals surface area contributed by atoms with Gasteiger partial charge in [0, 0.05) is 24.3 Å². The second kappa shape index (κ2) is 22.2. The Morgan fingerprint density at radius 3 is 0.923 bits per heavy atom. The number of rotatable bonds is 11. The molecule has 0 radical (unpaired) electrons. The molecule has 12 nitrogen and oxygen atoms in total. The Morgan fingerprint density at radius 1 is 0.538 bits per heavy atom. The third-order valence-electron chi connectivity index (χ3n) is 1.58. The second-order valence-corrected chi connectivity index (χ2v) is 3.69. The molecular formula is C14H22O12. The van der Waals surface area contributed by atoms with E-state index in [1.807, 2.05) is 0 Å². The number of carboxylic acid groups (broad SMARTS) is 4. The molecule has 12 heteroatoms. The molecule has 0 aliphatic carbocycles. The van der Waals surface area contributed by atoms with Gasteiger partial charge in [-0.05, 0) is 0 Å². The average molecular weight is 382 g/mol. The van der Waals surface area contributed by atoms with Crippen molar-refractivity contribution in [2.45, 2.75) is 0 Å². The van der Waals surface area contributed by atoms with Crippen LogP contribution in [0, 0.1) is 0 Å². The number of hydrogen-bond acceptors (Lipinski definition) is 8. The van der Waals surface area contributed by atoms with E-state index < -0.39 is 23.9 Å². The van der Waals surface area contributed by atoms with Gasteiger partial charge in [-0.3, -0.25) is 0 Å². The summed E-state index contributed by atoms with van der Waals surface area (Å²) in [5, 5.41) is 47.8. The topological polar surface area (TPSA) is 208 Å². The van der Waals surface area contributed by atoms with Crippen LogP contribution in [0.25, 0.3) is 0 Å². The van der Waals surface area contributed by atoms with Crippen molar-refractivity contribution in [2.24, 2.45) is 0 Å². The number of ether oxygens (including phenoxy) is 2. The van der Waals surface area contributed by atoms with E-state index in [0.29, 0.717) is 50.7 Å². The van der Waals surface area contributed by atoms with Crippen LogP contribution in [0.2, 0.25) is 0 Å². The Kier molecular flexibility index (Phi) is 23.9. The predicted molar refractivity (Wildman–Crippen MR) is 84.6 cm³/mol. The largest absolute Gasteiger partial charge is 0.478 e. The number of aliphatic hydroxyl groups is 2. The van der Waals surface area contributed by atoms with Gasteiger partial charge in [0.1, 0.15) is 0 Å². The third-order valence-corrected chi connectivity index (χ3v) is 1.58. The van der Waals surface area contributed by atoms with E-state index in [2.05, 4.69) is 0 Å². The van der Waals surface area contributed by atoms with Crippen LogP contribution >= 0.6 is 0 Å². The highest BCUT2D eigenvalue weighted by atomic mass is 16.5. The highest BCUT2D eigenvalue weighted by Gasteiger charge is 1.89. The summed E-state index contributed by atoms with van der Waals surface area (Å²) >= 11 is 0. The lowest BCUT2D eigenvalue weighted by atomic mass is 10.5. The fourth-order valence-corrected chi connectivity index (χ4v) is 0.736. The van der Waals surface area contributed by atoms with Gasteiger partial charge in [-0.2, -0.15) is 0 Å². The Balaban J connectivity index is -0.000000308. The summed E-state index contributed by atoms with van der Waals surface area (Å²) in [6.07, 6.45) is 2.23. The van der Waals surface area contributed by atoms with Crippen molar-refractivity contribution in [1.29, 1.82) is 0 Å². The molecule has 150 valence electrons. The monoisotopic (exact) mass is 382 g/mol. The second-order valence-electron chi connectivity index (χ2n) is 3.69. The summed E-state index contributed by atoms with van der Waals surface area (Å²) in [5.74, 6) is -5.03. The first-order valence-electron chi connectivity index (χ1n) is 6.82. The number of aliphatic carboxylic acids is 4. The van der Waals surface area contributed by atoms with E-state index in [4.69, 9.17) is 40.1 Å². The first-order chi connectivity index (χ1) is 12.2. The minimum absolute atomic E-state index is 0.0417. The first-order valence-corrected chi connectivity index (χ1v) is 6.82. The zero-order chi connectivity index (χ0) is 20.8. The molecule has 0 aliphatic rings. The van der Waals surface area contributed by atoms with Gasteiger partial charge < -0.3 is 40.1 Å². The summed E-state index contributed by atoms with van der Waals surface area (Å²) in [5.41, 5.74) is 0. The summed E-state index contributed by atoms with van der Waals surface area (Å²) in [6.45, 7) is 1.73. The van der Waals surface area contributed by atoms with Crippen molar-refractivity contribution in [2.75, 3.05) is 39.6 Å². The van der Waals surface area contributed by atoms with Gasteiger partial charge in [0.2, 0.25) is 0 Å². The van der Waals surface area contributed by atoms with E-state index in [1.165, 1.54) is 0 Å². The van der Waals surface area contributed by atoms with Gasteiger partial charge in [-0.15, -0.1) is 0 Å². The zero-order valence-electron chi connectivity index (χ0n) is 13.7. The highest BCUT2D eigenvalue weighted by molar-refractivity contribution is 5.90. The van der Waals surface area contributed by atoms with Gasteiger partial charge in [0.05, 0.1) is 39.6 Å². The lowest BCUT2D eigenvalue weighted by molar-refractivity contribution is -0.134. The molecule has 0 unspecified atom stereocenters. The average Bonchev–Trinajstić information content (AvgIpc) is 2.55. The number of carbonyl (C=O) groups is 4. The fraction of sp³-hybridized carbons (Fsp3) is 0.429. The van der Waals surface area contributed by atoms with Crippen LogP contribution in [-0.2, 0) is 28.7 Å². The van der Waals surface area contributed by atoms with E-state index in [1.54, 1.807) is 0 Å². The zero-order valence-corrected chi connectivity index (χ0v) is 13.7. The molecule has 0 aromatic carbocycles. The molecule has 0 heterocycles. The quantitative estimate of drug-likeness (QED) is 0.177. The Morgan fingerprint density at radius 2 is 0.769 bits per heavy atom. The number of carboxylic acids is 4. The number of aliphatic hydroxyl groups excluding tert-OH is 2. The fourth-order valence-electron chi connectivity index (χ4n) is 0.736. The standard InChI is InChI=1S/C6H14O4.2C4H4O4/c7-1-3-9-5-6-10-4-2-8;2*5-3(6)1-2-4(7)8/h7-8H,1-6H2;2*1-2H,(H,5,6)(H,7,8). The van der Waals surface area contributed by atoms with Gasteiger partial charge in [-0.1, -0.05) is 0 Å². The van der Waals surface area contributed by atoms with Gasteiger partial charge in [0.25, 0.3) is 0 Å². The molecule has 0 saturated carbocycles. The number of hydrogen-bond donors (Lipinski definition) is 6. The van der Waals surface area contributed by atoms with Crippen LogP contribution in [0.1, 0.15) is 0 Å². The third kappa shape index (κ3) is 42.9. The van der Waals surface area contributed by atoms with Crippen molar-refractivity contribution in [3.8, 4) is 0 Å². The summed E-state index contributed by atoms with van der Waals surface area (Å²) < 4.78 is 9.75. The SMILES string of the molecule is O=C(O)C=CC(=O)O.O=C(O)C=CC(=O)O.OCCOCCOCCO. The minimum Gasteiger partial charge on any atom is -0.478 e. The van der Waals surface area contributed by atoms with E-state index >= 15 is 0 Å². The van der Waals surface area contributed by atoms with Gasteiger partial charge in [0.15, 0.2) is 0 Å². The first kappa shape index (κ1) is 28.0. The highest BCUT2D eigenvalue weighted by Crippen LogP contribution is 1.76. The molecule has 0 bridgehead atoms. The molecule has 0 rings (SSSR count). The Labute approximate surface area is 148 Å². The van der Waals surface area contributed by atoms with Crippen LogP contribution < -0.4 is 0 Å². The molecule has 26 heavy (non-hydrogen) atoms. The lowest BCUT2D eigenvalue weighted by Crippen LogP contribution is -2.09. The maximum Gasteiger partial charge on any atom is 0.328 e. The molecule has 0 aliphatic heterocycles. The van der Waals surface area contributed by atoms with E-state index in [9.17, 15) is 19.2 Å². The van der Waals surface area contributed by atoms with Crippen LogP contribution in [0.5, 0.6) is 0 Å². The molecule has 0 amide bonds. The van der Waals surface area contributed by atoms with Gasteiger partial charge in [-0.25, -0.2) is 19.2 Å². The van der Waals surface area contributed by atoms with Crippen LogP contribution in [-0.4, -0.2) is 94.2 Å². The van der Waals surface area contributed by atoms with E-state index in [0.717, 1.165) is 0 Å². The van der Waals surface area contributed by atoms with Gasteiger partial charge >= 0.3 is 23.9 Å². The molecule has 0 saturated heterocycles. The smallest absolute Gasteiger partial charge is 0.328 e. The van der Waals surface area contributed by atoms with Crippen LogP contribution in [0.4, 0.5) is 0 Å². The van der Waals surface area contributed by atoms with Crippen molar-refractivity contribution < 1.29 is 59.3 Å². The van der Waals surface area contributed by atoms with Crippen molar-refractivity contribution in [1.82, 2.24) is 0 Å². The Hall–Kier alpha value is -2.80. The van der Waals surface area contributed by atoms with Crippen molar-refractivity contribution in [3.63, 3.8) is 0 Å². The summed E-state index contributed by atoms with van der Waals surface area (Å²) in [6, 6.07) is 0. The molecular weight excluding hydrogens is 360 g/mol. The van der Waals surface area contributed by atoms with Crippen LogP contribution in [0.3, 0.4) is 0 Å². The van der Waals surface area contributed by atoms with Crippen LogP contribution in [0.15, 0.2) is 24.3 Å². The molecule has 6 N–H and O–H groups in total. The molecule has 0 fully saturated rings. The van der Waals surface area contributed by atoms with Crippen molar-refractivity contribution >= 4 is 23.9 Å². The van der Waals surface area contributed by atoms with E-state index in [-0.39, 0.29) is 13.2 Å². The molecule has 0 aromatic rings.